The molecule has 1 N–H and O–H groups in total. The molecular formula is C17H14ClFN2O4S. The summed E-state index contributed by atoms with van der Waals surface area (Å²) in [5, 5.41) is 2.30. The van der Waals surface area contributed by atoms with Crippen LogP contribution in [0.5, 0.6) is 0 Å². The Kier molecular flexibility index (Phi) is 4.97. The average Bonchev–Trinajstić information content (AvgIpc) is 3.01. The summed E-state index contributed by atoms with van der Waals surface area (Å²) in [6.07, 6.45) is -0.0000185. The molecule has 1 aliphatic heterocycles. The Hall–Kier alpha value is -2.45. The van der Waals surface area contributed by atoms with Crippen LogP contribution in [0.3, 0.4) is 0 Å². The standard InChI is InChI=1S/C17H14ClFN2O4S/c18-13-10-11(6-7-14(13)19)20-17(23)15-8-9-16(22)21(15)26(24,25)12-4-2-1-3-5-12/h1-7,10,15H,8-9H2,(H,20,23)/t15-/m0/s1. The summed E-state index contributed by atoms with van der Waals surface area (Å²) in [4.78, 5) is 24.6. The van der Waals surface area contributed by atoms with Crippen LogP contribution < -0.4 is 5.32 Å². The number of carbonyl (C=O) groups excluding carboxylic acids is 2. The molecule has 0 saturated carbocycles. The van der Waals surface area contributed by atoms with E-state index in [0.717, 1.165) is 6.07 Å². The minimum atomic E-state index is -4.15. The molecule has 3 rings (SSSR count). The summed E-state index contributed by atoms with van der Waals surface area (Å²) >= 11 is 5.67. The number of nitrogens with one attached hydrogen (secondary N) is 1. The first-order valence-electron chi connectivity index (χ1n) is 7.69. The van der Waals surface area contributed by atoms with E-state index in [0.29, 0.717) is 4.31 Å². The third-order valence-corrected chi connectivity index (χ3v) is 6.08. The molecule has 9 heteroatoms. The predicted molar refractivity (Wildman–Crippen MR) is 93.5 cm³/mol. The molecule has 1 aliphatic rings. The normalized spacial score (nSPS) is 17.4. The van der Waals surface area contributed by atoms with E-state index in [1.165, 1.54) is 36.4 Å². The Bertz CT molecular complexity index is 966. The van der Waals surface area contributed by atoms with Crippen LogP contribution in [-0.4, -0.2) is 30.6 Å². The van der Waals surface area contributed by atoms with Gasteiger partial charge in [0.05, 0.1) is 9.92 Å². The van der Waals surface area contributed by atoms with Crippen LogP contribution in [0.1, 0.15) is 12.8 Å². The van der Waals surface area contributed by atoms with E-state index < -0.39 is 33.7 Å². The first-order valence-corrected chi connectivity index (χ1v) is 9.51. The van der Waals surface area contributed by atoms with Gasteiger partial charge in [-0.25, -0.2) is 17.1 Å². The van der Waals surface area contributed by atoms with Crippen LogP contribution in [0.15, 0.2) is 53.4 Å². The van der Waals surface area contributed by atoms with Gasteiger partial charge in [-0.05, 0) is 36.8 Å². The summed E-state index contributed by atoms with van der Waals surface area (Å²) in [7, 11) is -4.15. The number of benzene rings is 2. The molecule has 1 fully saturated rings. The van der Waals surface area contributed by atoms with E-state index in [-0.39, 0.29) is 28.4 Å². The molecule has 0 unspecified atom stereocenters. The quantitative estimate of drug-likeness (QED) is 0.861. The zero-order chi connectivity index (χ0) is 18.9. The van der Waals surface area contributed by atoms with Crippen molar-refractivity contribution < 1.29 is 22.4 Å². The largest absolute Gasteiger partial charge is 0.324 e. The Morgan fingerprint density at radius 2 is 1.88 bits per heavy atom. The molecule has 6 nitrogen and oxygen atoms in total. The number of carbonyl (C=O) groups is 2. The zero-order valence-corrected chi connectivity index (χ0v) is 14.9. The fraction of sp³-hybridized carbons (Fsp3) is 0.176. The van der Waals surface area contributed by atoms with Gasteiger partial charge >= 0.3 is 0 Å². The second-order valence-corrected chi connectivity index (χ2v) is 7.90. The van der Waals surface area contributed by atoms with Crippen LogP contribution in [0, 0.1) is 5.82 Å². The minimum absolute atomic E-state index is 0.0612. The van der Waals surface area contributed by atoms with Gasteiger partial charge in [0.2, 0.25) is 11.8 Å². The highest BCUT2D eigenvalue weighted by molar-refractivity contribution is 7.89. The third-order valence-electron chi connectivity index (χ3n) is 3.95. The number of hydrogen-bond acceptors (Lipinski definition) is 4. The van der Waals surface area contributed by atoms with Gasteiger partial charge in [-0.2, -0.15) is 0 Å². The van der Waals surface area contributed by atoms with Crippen LogP contribution in [0.25, 0.3) is 0 Å². The van der Waals surface area contributed by atoms with Gasteiger partial charge in [-0.3, -0.25) is 9.59 Å². The van der Waals surface area contributed by atoms with Gasteiger partial charge in [0.15, 0.2) is 0 Å². The monoisotopic (exact) mass is 396 g/mol. The van der Waals surface area contributed by atoms with E-state index in [1.807, 2.05) is 0 Å². The summed E-state index contributed by atoms with van der Waals surface area (Å²) in [6, 6.07) is 9.82. The number of anilines is 1. The van der Waals surface area contributed by atoms with Crippen LogP contribution in [-0.2, 0) is 19.6 Å². The van der Waals surface area contributed by atoms with Gasteiger partial charge in [-0.15, -0.1) is 0 Å². The molecule has 0 aliphatic carbocycles. The van der Waals surface area contributed by atoms with Gasteiger partial charge in [0.25, 0.3) is 10.0 Å². The van der Waals surface area contributed by atoms with E-state index >= 15 is 0 Å². The molecule has 0 spiro atoms. The molecule has 0 bridgehead atoms. The van der Waals surface area contributed by atoms with Crippen molar-refractivity contribution in [3.63, 3.8) is 0 Å². The van der Waals surface area contributed by atoms with E-state index in [1.54, 1.807) is 6.07 Å². The summed E-state index contributed by atoms with van der Waals surface area (Å²) in [6.45, 7) is 0. The molecule has 2 aromatic carbocycles. The smallest absolute Gasteiger partial charge is 0.267 e. The molecular weight excluding hydrogens is 383 g/mol. The first kappa shape index (κ1) is 18.3. The highest BCUT2D eigenvalue weighted by Gasteiger charge is 2.44. The number of hydrogen-bond donors (Lipinski definition) is 1. The van der Waals surface area contributed by atoms with Crippen molar-refractivity contribution in [2.45, 2.75) is 23.8 Å². The number of sulfonamides is 1. The first-order chi connectivity index (χ1) is 12.3. The zero-order valence-electron chi connectivity index (χ0n) is 13.4. The highest BCUT2D eigenvalue weighted by atomic mass is 35.5. The van der Waals surface area contributed by atoms with Gasteiger partial charge in [0, 0.05) is 12.1 Å². The number of rotatable bonds is 4. The third kappa shape index (κ3) is 3.42. The summed E-state index contributed by atoms with van der Waals surface area (Å²) in [5.41, 5.74) is 0.206. The van der Waals surface area contributed by atoms with E-state index in [2.05, 4.69) is 5.32 Å². The molecule has 136 valence electrons. The van der Waals surface area contributed by atoms with Crippen molar-refractivity contribution in [1.29, 1.82) is 0 Å². The van der Waals surface area contributed by atoms with E-state index in [9.17, 15) is 22.4 Å². The Morgan fingerprint density at radius 1 is 1.19 bits per heavy atom. The van der Waals surface area contributed by atoms with E-state index in [4.69, 9.17) is 11.6 Å². The fourth-order valence-electron chi connectivity index (χ4n) is 2.71. The number of halogens is 2. The number of amides is 2. The van der Waals surface area contributed by atoms with Crippen LogP contribution in [0.2, 0.25) is 5.02 Å². The Morgan fingerprint density at radius 3 is 2.54 bits per heavy atom. The molecule has 1 atom stereocenters. The Labute approximate surface area is 154 Å². The topological polar surface area (TPSA) is 83.6 Å². The van der Waals surface area contributed by atoms with Crippen molar-refractivity contribution >= 4 is 39.1 Å². The lowest BCUT2D eigenvalue weighted by Crippen LogP contribution is -2.45. The summed E-state index contributed by atoms with van der Waals surface area (Å²) < 4.78 is 39.4. The number of nitrogens with zero attached hydrogens (tertiary/aromatic N) is 1. The van der Waals surface area contributed by atoms with Crippen molar-refractivity contribution in [3.8, 4) is 0 Å². The van der Waals surface area contributed by atoms with Gasteiger partial charge < -0.3 is 5.32 Å². The molecule has 0 aromatic heterocycles. The van der Waals surface area contributed by atoms with Crippen molar-refractivity contribution in [2.24, 2.45) is 0 Å². The fourth-order valence-corrected chi connectivity index (χ4v) is 4.51. The molecule has 1 heterocycles. The van der Waals surface area contributed by atoms with Crippen LogP contribution >= 0.6 is 11.6 Å². The lowest BCUT2D eigenvalue weighted by Gasteiger charge is -2.23. The lowest BCUT2D eigenvalue weighted by atomic mass is 10.2. The maximum Gasteiger partial charge on any atom is 0.267 e. The van der Waals surface area contributed by atoms with Crippen LogP contribution in [0.4, 0.5) is 10.1 Å². The van der Waals surface area contributed by atoms with Gasteiger partial charge in [-0.1, -0.05) is 29.8 Å². The molecule has 2 amide bonds. The molecule has 1 saturated heterocycles. The Balaban J connectivity index is 1.87. The van der Waals surface area contributed by atoms with Gasteiger partial charge in [0.1, 0.15) is 11.9 Å². The molecule has 2 aromatic rings. The second kappa shape index (κ2) is 7.05. The highest BCUT2D eigenvalue weighted by Crippen LogP contribution is 2.28. The molecule has 0 radical (unpaired) electrons. The second-order valence-electron chi connectivity index (χ2n) is 5.68. The van der Waals surface area contributed by atoms with Crippen molar-refractivity contribution in [1.82, 2.24) is 4.31 Å². The van der Waals surface area contributed by atoms with Crippen molar-refractivity contribution in [2.75, 3.05) is 5.32 Å². The summed E-state index contributed by atoms with van der Waals surface area (Å²) in [5.74, 6) is -1.97. The van der Waals surface area contributed by atoms with Crippen molar-refractivity contribution in [3.05, 3.63) is 59.4 Å². The minimum Gasteiger partial charge on any atom is -0.324 e. The predicted octanol–water partition coefficient (Wildman–Crippen LogP) is 2.80. The lowest BCUT2D eigenvalue weighted by molar-refractivity contribution is -0.128. The average molecular weight is 397 g/mol. The SMILES string of the molecule is O=C(Nc1ccc(F)c(Cl)c1)[C@@H]1CCC(=O)N1S(=O)(=O)c1ccccc1. The maximum atomic E-state index is 13.2. The molecule has 26 heavy (non-hydrogen) atoms. The maximum absolute atomic E-state index is 13.2.